The van der Waals surface area contributed by atoms with Crippen molar-refractivity contribution in [3.05, 3.63) is 0 Å². The van der Waals surface area contributed by atoms with E-state index in [9.17, 15) is 9.59 Å². The van der Waals surface area contributed by atoms with Gasteiger partial charge in [-0.2, -0.15) is 11.8 Å². The van der Waals surface area contributed by atoms with Gasteiger partial charge in [0.05, 0.1) is 0 Å². The van der Waals surface area contributed by atoms with Gasteiger partial charge < -0.3 is 0 Å². The van der Waals surface area contributed by atoms with Gasteiger partial charge in [-0.05, 0) is 24.5 Å². The van der Waals surface area contributed by atoms with Gasteiger partial charge in [0.1, 0.15) is 0 Å². The van der Waals surface area contributed by atoms with E-state index in [0.29, 0.717) is 17.6 Å². The Morgan fingerprint density at radius 2 is 2.12 bits per heavy atom. The van der Waals surface area contributed by atoms with Crippen molar-refractivity contribution in [2.45, 2.75) is 45.3 Å². The molecule has 2 heterocycles. The predicted molar refractivity (Wildman–Crippen MR) is 69.7 cm³/mol. The Morgan fingerprint density at radius 1 is 1.41 bits per heavy atom. The number of carbonyl (C=O) groups is 2. The molecule has 3 unspecified atom stereocenters. The number of imide groups is 1. The summed E-state index contributed by atoms with van der Waals surface area (Å²) in [7, 11) is 0. The van der Waals surface area contributed by atoms with Crippen molar-refractivity contribution in [1.29, 1.82) is 0 Å². The molecule has 0 bridgehead atoms. The molecule has 2 aliphatic rings. The molecule has 0 aromatic rings. The van der Waals surface area contributed by atoms with Gasteiger partial charge in [0, 0.05) is 23.0 Å². The van der Waals surface area contributed by atoms with E-state index in [1.807, 2.05) is 11.8 Å². The number of nitrogens with one attached hydrogen (secondary N) is 1. The Labute approximate surface area is 107 Å². The van der Waals surface area contributed by atoms with Gasteiger partial charge in [-0.3, -0.25) is 14.9 Å². The minimum absolute atomic E-state index is 0.0111. The summed E-state index contributed by atoms with van der Waals surface area (Å²) in [6.45, 7) is 6.37. The Balaban J connectivity index is 2.37. The van der Waals surface area contributed by atoms with Crippen molar-refractivity contribution in [1.82, 2.24) is 5.32 Å². The maximum atomic E-state index is 12.1. The third-order valence-electron chi connectivity index (χ3n) is 4.28. The van der Waals surface area contributed by atoms with Crippen molar-refractivity contribution in [3.8, 4) is 0 Å². The second-order valence-corrected chi connectivity index (χ2v) is 7.11. The van der Waals surface area contributed by atoms with Crippen LogP contribution >= 0.6 is 11.8 Å². The monoisotopic (exact) mass is 255 g/mol. The number of hydrogen-bond acceptors (Lipinski definition) is 3. The summed E-state index contributed by atoms with van der Waals surface area (Å²) < 4.78 is 0. The van der Waals surface area contributed by atoms with Gasteiger partial charge in [0.2, 0.25) is 11.8 Å². The van der Waals surface area contributed by atoms with Crippen LogP contribution in [0.25, 0.3) is 0 Å². The number of thioether (sulfide) groups is 1. The van der Waals surface area contributed by atoms with Crippen molar-refractivity contribution in [3.63, 3.8) is 0 Å². The molecule has 17 heavy (non-hydrogen) atoms. The zero-order valence-electron chi connectivity index (χ0n) is 10.8. The average Bonchev–Trinajstić information content (AvgIpc) is 2.20. The molecule has 2 amide bonds. The first-order valence-electron chi connectivity index (χ1n) is 6.42. The lowest BCUT2D eigenvalue weighted by atomic mass is 9.61. The van der Waals surface area contributed by atoms with Crippen molar-refractivity contribution in [2.24, 2.45) is 17.3 Å². The molecule has 0 radical (unpaired) electrons. The van der Waals surface area contributed by atoms with Crippen LogP contribution in [-0.4, -0.2) is 22.8 Å². The molecule has 4 heteroatoms. The SMILES string of the molecule is CC(C)C1C(=O)NC(=O)CC12CCCSC2C. The lowest BCUT2D eigenvalue weighted by molar-refractivity contribution is -0.146. The highest BCUT2D eigenvalue weighted by atomic mass is 32.2. The van der Waals surface area contributed by atoms with Gasteiger partial charge in [-0.15, -0.1) is 0 Å². The molecule has 2 rings (SSSR count). The second kappa shape index (κ2) is 4.63. The molecule has 1 spiro atoms. The fraction of sp³-hybridized carbons (Fsp3) is 0.846. The van der Waals surface area contributed by atoms with Crippen LogP contribution in [0.1, 0.15) is 40.0 Å². The molecular weight excluding hydrogens is 234 g/mol. The molecule has 3 nitrogen and oxygen atoms in total. The maximum Gasteiger partial charge on any atom is 0.230 e. The van der Waals surface area contributed by atoms with Gasteiger partial charge in [0.25, 0.3) is 0 Å². The zero-order chi connectivity index (χ0) is 12.6. The molecule has 3 atom stereocenters. The summed E-state index contributed by atoms with van der Waals surface area (Å²) in [6, 6.07) is 0. The lowest BCUT2D eigenvalue weighted by Crippen LogP contribution is -2.58. The van der Waals surface area contributed by atoms with Gasteiger partial charge in [0.15, 0.2) is 0 Å². The van der Waals surface area contributed by atoms with Crippen molar-refractivity contribution in [2.75, 3.05) is 5.75 Å². The van der Waals surface area contributed by atoms with Gasteiger partial charge in [-0.1, -0.05) is 20.8 Å². The number of amides is 2. The van der Waals surface area contributed by atoms with E-state index in [4.69, 9.17) is 0 Å². The minimum atomic E-state index is -0.101. The summed E-state index contributed by atoms with van der Waals surface area (Å²) in [6.07, 6.45) is 2.66. The molecule has 0 aliphatic carbocycles. The number of hydrogen-bond donors (Lipinski definition) is 1. The van der Waals surface area contributed by atoms with E-state index in [0.717, 1.165) is 18.6 Å². The van der Waals surface area contributed by atoms with E-state index in [1.54, 1.807) is 0 Å². The number of piperidine rings is 1. The highest BCUT2D eigenvalue weighted by Gasteiger charge is 2.53. The zero-order valence-corrected chi connectivity index (χ0v) is 11.6. The Bertz CT molecular complexity index is 342. The average molecular weight is 255 g/mol. The van der Waals surface area contributed by atoms with Crippen LogP contribution in [0.2, 0.25) is 0 Å². The van der Waals surface area contributed by atoms with E-state index < -0.39 is 0 Å². The fourth-order valence-corrected chi connectivity index (χ4v) is 4.91. The van der Waals surface area contributed by atoms with E-state index in [1.165, 1.54) is 0 Å². The quantitative estimate of drug-likeness (QED) is 0.731. The molecule has 2 saturated heterocycles. The minimum Gasteiger partial charge on any atom is -0.296 e. The Morgan fingerprint density at radius 3 is 2.71 bits per heavy atom. The van der Waals surface area contributed by atoms with Gasteiger partial charge in [-0.25, -0.2) is 0 Å². The van der Waals surface area contributed by atoms with Crippen molar-refractivity contribution < 1.29 is 9.59 Å². The molecule has 2 aliphatic heterocycles. The fourth-order valence-electron chi connectivity index (χ4n) is 3.57. The van der Waals surface area contributed by atoms with Crippen LogP contribution < -0.4 is 5.32 Å². The molecule has 1 N–H and O–H groups in total. The largest absolute Gasteiger partial charge is 0.296 e. The summed E-state index contributed by atoms with van der Waals surface area (Å²) in [5, 5.41) is 2.92. The highest BCUT2D eigenvalue weighted by molar-refractivity contribution is 7.99. The maximum absolute atomic E-state index is 12.1. The predicted octanol–water partition coefficient (Wildman–Crippen LogP) is 2.21. The molecule has 0 aromatic heterocycles. The third-order valence-corrected chi connectivity index (χ3v) is 5.78. The number of rotatable bonds is 1. The standard InChI is InChI=1S/C13H21NO2S/c1-8(2)11-12(16)14-10(15)7-13(11)5-4-6-17-9(13)3/h8-9,11H,4-7H2,1-3H3,(H,14,15,16). The van der Waals surface area contributed by atoms with Crippen LogP contribution in [0.3, 0.4) is 0 Å². The number of carbonyl (C=O) groups excluding carboxylic acids is 2. The Hall–Kier alpha value is -0.510. The molecule has 96 valence electrons. The first-order valence-corrected chi connectivity index (χ1v) is 7.47. The van der Waals surface area contributed by atoms with Crippen LogP contribution in [0.5, 0.6) is 0 Å². The second-order valence-electron chi connectivity index (χ2n) is 5.66. The normalized spacial score (nSPS) is 38.6. The van der Waals surface area contributed by atoms with Crippen LogP contribution in [0.4, 0.5) is 0 Å². The van der Waals surface area contributed by atoms with Gasteiger partial charge >= 0.3 is 0 Å². The molecule has 0 saturated carbocycles. The first-order chi connectivity index (χ1) is 7.97. The summed E-state index contributed by atoms with van der Waals surface area (Å²) >= 11 is 1.92. The molecular formula is C13H21NO2S. The summed E-state index contributed by atoms with van der Waals surface area (Å²) in [5.41, 5.74) is -0.101. The molecule has 2 fully saturated rings. The van der Waals surface area contributed by atoms with Crippen molar-refractivity contribution >= 4 is 23.6 Å². The summed E-state index contributed by atoms with van der Waals surface area (Å²) in [4.78, 5) is 23.8. The first kappa shape index (κ1) is 12.9. The Kier molecular flexibility index (Phi) is 3.53. The topological polar surface area (TPSA) is 46.2 Å². The third kappa shape index (κ3) is 2.12. The molecule has 0 aromatic carbocycles. The summed E-state index contributed by atoms with van der Waals surface area (Å²) in [5.74, 6) is 1.31. The van der Waals surface area contributed by atoms with E-state index in [-0.39, 0.29) is 23.1 Å². The van der Waals surface area contributed by atoms with Crippen LogP contribution in [0, 0.1) is 17.3 Å². The van der Waals surface area contributed by atoms with E-state index >= 15 is 0 Å². The highest BCUT2D eigenvalue weighted by Crippen LogP contribution is 2.52. The smallest absolute Gasteiger partial charge is 0.230 e. The lowest BCUT2D eigenvalue weighted by Gasteiger charge is -2.50. The van der Waals surface area contributed by atoms with Crippen LogP contribution in [0.15, 0.2) is 0 Å². The van der Waals surface area contributed by atoms with Crippen LogP contribution in [-0.2, 0) is 9.59 Å². The van der Waals surface area contributed by atoms with E-state index in [2.05, 4.69) is 26.1 Å².